The van der Waals surface area contributed by atoms with Crippen molar-refractivity contribution in [3.63, 3.8) is 0 Å². The zero-order chi connectivity index (χ0) is 26.4. The first-order valence-electron chi connectivity index (χ1n) is 14.6. The molecule has 6 rings (SSSR count). The Bertz CT molecular complexity index is 1120. The number of benzene rings is 1. The lowest BCUT2D eigenvalue weighted by molar-refractivity contribution is -0.144. The number of halogens is 1. The van der Waals surface area contributed by atoms with E-state index in [1.807, 2.05) is 18.2 Å². The van der Waals surface area contributed by atoms with Crippen molar-refractivity contribution in [2.24, 2.45) is 22.4 Å². The van der Waals surface area contributed by atoms with Crippen LogP contribution in [-0.2, 0) is 4.79 Å². The van der Waals surface area contributed by atoms with Gasteiger partial charge < -0.3 is 14.7 Å². The highest BCUT2D eigenvalue weighted by Gasteiger charge is 2.50. The summed E-state index contributed by atoms with van der Waals surface area (Å²) in [5.41, 5.74) is 1.85. The fourth-order valence-electron chi connectivity index (χ4n) is 7.83. The second-order valence-electron chi connectivity index (χ2n) is 12.7. The number of hydrazone groups is 1. The number of nitriles is 1. The predicted molar refractivity (Wildman–Crippen MR) is 151 cm³/mol. The van der Waals surface area contributed by atoms with Crippen LogP contribution in [0.3, 0.4) is 0 Å². The molecule has 0 radical (unpaired) electrons. The number of amides is 1. The van der Waals surface area contributed by atoms with Crippen molar-refractivity contribution in [2.75, 3.05) is 45.3 Å². The molecule has 1 unspecified atom stereocenters. The van der Waals surface area contributed by atoms with E-state index in [0.29, 0.717) is 39.9 Å². The van der Waals surface area contributed by atoms with Crippen LogP contribution in [0.15, 0.2) is 23.3 Å². The van der Waals surface area contributed by atoms with Crippen LogP contribution in [0.2, 0.25) is 5.02 Å². The molecule has 0 N–H and O–H groups in total. The largest absolute Gasteiger partial charge is 0.359 e. The molecule has 2 saturated heterocycles. The number of carbonyl (C=O) groups excluding carboxylic acids is 1. The van der Waals surface area contributed by atoms with Crippen molar-refractivity contribution in [3.05, 3.63) is 28.8 Å². The molecule has 7 nitrogen and oxygen atoms in total. The van der Waals surface area contributed by atoms with Crippen molar-refractivity contribution in [1.82, 2.24) is 14.7 Å². The lowest BCUT2D eigenvalue weighted by atomic mass is 9.57. The van der Waals surface area contributed by atoms with Gasteiger partial charge in [0.1, 0.15) is 11.9 Å². The molecule has 1 amide bonds. The van der Waals surface area contributed by atoms with Crippen LogP contribution in [-0.4, -0.2) is 78.8 Å². The van der Waals surface area contributed by atoms with Crippen molar-refractivity contribution in [1.29, 1.82) is 5.26 Å². The maximum absolute atomic E-state index is 13.1. The van der Waals surface area contributed by atoms with Gasteiger partial charge in [0, 0.05) is 44.6 Å². The molecule has 2 saturated carbocycles. The highest BCUT2D eigenvalue weighted by molar-refractivity contribution is 6.32. The number of rotatable bonds is 4. The summed E-state index contributed by atoms with van der Waals surface area (Å²) < 4.78 is 0. The average Bonchev–Trinajstić information content (AvgIpc) is 3.67. The van der Waals surface area contributed by atoms with E-state index in [1.165, 1.54) is 31.5 Å². The molecule has 3 aliphatic heterocycles. The second-order valence-corrected chi connectivity index (χ2v) is 13.1. The van der Waals surface area contributed by atoms with E-state index < -0.39 is 0 Å². The molecule has 38 heavy (non-hydrogen) atoms. The SMILES string of the molecule is CN(C)[C@@H]1CCN(C(=O)C2CC3(CCN(C4=NN(c5ccc(C#N)c(Cl)c5)C(C5CCCC5)C4)CC3)C2)C1. The van der Waals surface area contributed by atoms with Crippen LogP contribution in [0.25, 0.3) is 0 Å². The Morgan fingerprint density at radius 2 is 1.87 bits per heavy atom. The number of nitrogens with zero attached hydrogens (tertiary/aromatic N) is 6. The molecule has 2 atom stereocenters. The van der Waals surface area contributed by atoms with Crippen molar-refractivity contribution in [2.45, 2.75) is 76.3 Å². The van der Waals surface area contributed by atoms with Crippen molar-refractivity contribution in [3.8, 4) is 6.07 Å². The van der Waals surface area contributed by atoms with E-state index in [9.17, 15) is 10.1 Å². The second kappa shape index (κ2) is 10.4. The topological polar surface area (TPSA) is 66.2 Å². The Kier molecular flexibility index (Phi) is 7.07. The molecule has 204 valence electrons. The molecule has 1 spiro atoms. The predicted octanol–water partition coefficient (Wildman–Crippen LogP) is 4.95. The van der Waals surface area contributed by atoms with Crippen molar-refractivity contribution >= 4 is 29.0 Å². The van der Waals surface area contributed by atoms with E-state index in [4.69, 9.17) is 16.7 Å². The fourth-order valence-corrected chi connectivity index (χ4v) is 8.05. The van der Waals surface area contributed by atoms with Crippen LogP contribution in [0, 0.1) is 28.6 Å². The van der Waals surface area contributed by atoms with E-state index >= 15 is 0 Å². The first kappa shape index (κ1) is 26.0. The van der Waals surface area contributed by atoms with Gasteiger partial charge in [0.2, 0.25) is 5.91 Å². The van der Waals surface area contributed by atoms with Crippen LogP contribution in [0.4, 0.5) is 5.69 Å². The van der Waals surface area contributed by atoms with Gasteiger partial charge in [-0.1, -0.05) is 24.4 Å². The van der Waals surface area contributed by atoms with Gasteiger partial charge >= 0.3 is 0 Å². The lowest BCUT2D eigenvalue weighted by Gasteiger charge is -2.52. The van der Waals surface area contributed by atoms with E-state index in [2.05, 4.69) is 39.9 Å². The number of hydrogen-bond acceptors (Lipinski definition) is 6. The highest BCUT2D eigenvalue weighted by Crippen LogP contribution is 2.53. The Balaban J connectivity index is 1.08. The smallest absolute Gasteiger partial charge is 0.225 e. The first-order valence-corrected chi connectivity index (χ1v) is 15.0. The van der Waals surface area contributed by atoms with E-state index in [1.54, 1.807) is 0 Å². The molecule has 3 heterocycles. The number of amidine groups is 1. The molecule has 8 heteroatoms. The molecule has 5 aliphatic rings. The van der Waals surface area contributed by atoms with Crippen molar-refractivity contribution < 1.29 is 4.79 Å². The minimum Gasteiger partial charge on any atom is -0.359 e. The van der Waals surface area contributed by atoms with Gasteiger partial charge in [0.15, 0.2) is 0 Å². The lowest BCUT2D eigenvalue weighted by Crippen LogP contribution is -2.52. The third-order valence-electron chi connectivity index (χ3n) is 10.3. The normalized spacial score (nSPS) is 27.8. The number of anilines is 1. The first-order chi connectivity index (χ1) is 18.4. The molecular weight excluding hydrogens is 496 g/mol. The van der Waals surface area contributed by atoms with Crippen LogP contribution < -0.4 is 5.01 Å². The van der Waals surface area contributed by atoms with Gasteiger partial charge in [0.25, 0.3) is 0 Å². The number of piperidine rings is 1. The molecular formula is C30H41ClN6O. The number of likely N-dealkylation sites (N-methyl/N-ethyl adjacent to an activating group) is 1. The number of hydrogen-bond donors (Lipinski definition) is 0. The van der Waals surface area contributed by atoms with Crippen LogP contribution in [0.1, 0.15) is 69.8 Å². The number of likely N-dealkylation sites (tertiary alicyclic amines) is 2. The summed E-state index contributed by atoms with van der Waals surface area (Å²) in [5.74, 6) is 2.49. The summed E-state index contributed by atoms with van der Waals surface area (Å²) in [6, 6.07) is 8.77. The van der Waals surface area contributed by atoms with Gasteiger partial charge in [0.05, 0.1) is 22.3 Å². The van der Waals surface area contributed by atoms with Crippen LogP contribution >= 0.6 is 11.6 Å². The summed E-state index contributed by atoms with van der Waals surface area (Å²) >= 11 is 6.41. The zero-order valence-electron chi connectivity index (χ0n) is 22.9. The third-order valence-corrected chi connectivity index (χ3v) is 10.6. The Labute approximate surface area is 232 Å². The molecule has 1 aromatic rings. The Hall–Kier alpha value is -2.30. The van der Waals surface area contributed by atoms with E-state index in [0.717, 1.165) is 70.4 Å². The zero-order valence-corrected chi connectivity index (χ0v) is 23.7. The Morgan fingerprint density at radius 3 is 2.50 bits per heavy atom. The third kappa shape index (κ3) is 4.79. The van der Waals surface area contributed by atoms with Gasteiger partial charge in [-0.05, 0) is 88.6 Å². The monoisotopic (exact) mass is 536 g/mol. The summed E-state index contributed by atoms with van der Waals surface area (Å²) in [6.07, 6.45) is 11.7. The standard InChI is InChI=1S/C30H41ClN6O/c1-34(2)25-9-12-36(20-25)29(38)23-17-30(18-23)10-13-35(14-11-30)28-16-27(21-5-3-4-6-21)37(33-28)24-8-7-22(19-32)26(31)15-24/h7-8,15,21,23,25,27H,3-6,9-14,16-18,20H2,1-2H3/t25-,27?/m1/s1. The summed E-state index contributed by atoms with van der Waals surface area (Å²) in [4.78, 5) is 20.0. The maximum Gasteiger partial charge on any atom is 0.225 e. The molecule has 0 aromatic heterocycles. The molecule has 0 bridgehead atoms. The van der Waals surface area contributed by atoms with Crippen LogP contribution in [0.5, 0.6) is 0 Å². The van der Waals surface area contributed by atoms with E-state index in [-0.39, 0.29) is 5.92 Å². The molecule has 4 fully saturated rings. The summed E-state index contributed by atoms with van der Waals surface area (Å²) in [6.45, 7) is 3.88. The van der Waals surface area contributed by atoms with Gasteiger partial charge in [-0.2, -0.15) is 10.4 Å². The fraction of sp³-hybridized carbons (Fsp3) is 0.700. The van der Waals surface area contributed by atoms with Gasteiger partial charge in [-0.15, -0.1) is 0 Å². The van der Waals surface area contributed by atoms with Gasteiger partial charge in [-0.3, -0.25) is 9.80 Å². The Morgan fingerprint density at radius 1 is 1.13 bits per heavy atom. The summed E-state index contributed by atoms with van der Waals surface area (Å²) in [5, 5.41) is 17.2. The molecule has 2 aliphatic carbocycles. The minimum absolute atomic E-state index is 0.231. The average molecular weight is 537 g/mol. The minimum atomic E-state index is 0.231. The summed E-state index contributed by atoms with van der Waals surface area (Å²) in [7, 11) is 4.24. The quantitative estimate of drug-likeness (QED) is 0.545. The number of carbonyl (C=O) groups is 1. The molecule has 1 aromatic carbocycles. The maximum atomic E-state index is 13.1. The van der Waals surface area contributed by atoms with Gasteiger partial charge in [-0.25, -0.2) is 0 Å². The highest BCUT2D eigenvalue weighted by atomic mass is 35.5.